The molecule has 1 N–H and O–H groups in total. The zero-order valence-corrected chi connectivity index (χ0v) is 7.21. The summed E-state index contributed by atoms with van der Waals surface area (Å²) in [4.78, 5) is 4.22. The van der Waals surface area contributed by atoms with Gasteiger partial charge in [0.2, 0.25) is 0 Å². The summed E-state index contributed by atoms with van der Waals surface area (Å²) in [5.74, 6) is 1.57. The number of hydrogen-bond donors (Lipinski definition) is 1. The summed E-state index contributed by atoms with van der Waals surface area (Å²) < 4.78 is 4.90. The Balaban J connectivity index is 2.11. The van der Waals surface area contributed by atoms with Gasteiger partial charge in [0.1, 0.15) is 5.82 Å². The smallest absolute Gasteiger partial charge is 0.335 e. The molecule has 0 radical (unpaired) electrons. The molecule has 0 unspecified atom stereocenters. The van der Waals surface area contributed by atoms with Crippen molar-refractivity contribution >= 4 is 0 Å². The number of rotatable bonds is 2. The Kier molecular flexibility index (Phi) is 1.98. The molecule has 1 aliphatic rings. The van der Waals surface area contributed by atoms with Crippen LogP contribution in [0.15, 0.2) is 0 Å². The van der Waals surface area contributed by atoms with Crippen LogP contribution in [0.4, 0.5) is 0 Å². The summed E-state index contributed by atoms with van der Waals surface area (Å²) >= 11 is 0. The fourth-order valence-corrected chi connectivity index (χ4v) is 1.73. The molecule has 1 heterocycles. The van der Waals surface area contributed by atoms with E-state index in [9.17, 15) is 0 Å². The Morgan fingerprint density at radius 1 is 1.42 bits per heavy atom. The molecule has 1 saturated carbocycles. The molecule has 66 valence electrons. The van der Waals surface area contributed by atoms with Crippen molar-refractivity contribution in [3.05, 3.63) is 5.82 Å². The second kappa shape index (κ2) is 3.13. The zero-order chi connectivity index (χ0) is 8.39. The molecular weight excluding hydrogens is 154 g/mol. The number of H-pyrrole nitrogens is 1. The highest BCUT2D eigenvalue weighted by atomic mass is 16.5. The highest BCUT2D eigenvalue weighted by Crippen LogP contribution is 2.32. The Morgan fingerprint density at radius 2 is 2.17 bits per heavy atom. The summed E-state index contributed by atoms with van der Waals surface area (Å²) in [6.45, 7) is 0. The van der Waals surface area contributed by atoms with E-state index in [2.05, 4.69) is 15.2 Å². The van der Waals surface area contributed by atoms with Crippen molar-refractivity contribution in [2.24, 2.45) is 0 Å². The van der Waals surface area contributed by atoms with Crippen LogP contribution in [0.1, 0.15) is 37.4 Å². The lowest BCUT2D eigenvalue weighted by Crippen LogP contribution is -1.94. The number of ether oxygens (including phenoxy) is 1. The van der Waals surface area contributed by atoms with Crippen molar-refractivity contribution in [2.45, 2.75) is 31.6 Å². The summed E-state index contributed by atoms with van der Waals surface area (Å²) in [6, 6.07) is 0.455. The Morgan fingerprint density at radius 3 is 2.75 bits per heavy atom. The number of methoxy groups -OCH3 is 1. The fraction of sp³-hybridized carbons (Fsp3) is 0.750. The van der Waals surface area contributed by atoms with Gasteiger partial charge in [-0.3, -0.25) is 5.10 Å². The lowest BCUT2D eigenvalue weighted by molar-refractivity contribution is 0.381. The van der Waals surface area contributed by atoms with Crippen molar-refractivity contribution in [3.8, 4) is 6.01 Å². The number of hydrogen-bond acceptors (Lipinski definition) is 3. The van der Waals surface area contributed by atoms with Crippen LogP contribution in [-0.2, 0) is 0 Å². The van der Waals surface area contributed by atoms with Gasteiger partial charge in [0.05, 0.1) is 7.11 Å². The molecule has 0 spiro atoms. The third-order valence-corrected chi connectivity index (χ3v) is 2.41. The van der Waals surface area contributed by atoms with Crippen molar-refractivity contribution in [1.29, 1.82) is 0 Å². The van der Waals surface area contributed by atoms with E-state index in [0.717, 1.165) is 5.82 Å². The molecule has 0 aliphatic heterocycles. The van der Waals surface area contributed by atoms with E-state index in [1.807, 2.05) is 0 Å². The third-order valence-electron chi connectivity index (χ3n) is 2.41. The van der Waals surface area contributed by atoms with Crippen LogP contribution in [0, 0.1) is 0 Å². The van der Waals surface area contributed by atoms with E-state index in [-0.39, 0.29) is 0 Å². The van der Waals surface area contributed by atoms with Gasteiger partial charge >= 0.3 is 6.01 Å². The summed E-state index contributed by atoms with van der Waals surface area (Å²) in [5, 5.41) is 6.83. The number of aromatic nitrogens is 3. The largest absolute Gasteiger partial charge is 0.466 e. The predicted octanol–water partition coefficient (Wildman–Crippen LogP) is 1.47. The summed E-state index contributed by atoms with van der Waals surface area (Å²) in [5.41, 5.74) is 0. The molecule has 1 aromatic heterocycles. The van der Waals surface area contributed by atoms with Gasteiger partial charge in [-0.15, -0.1) is 5.10 Å². The second-order valence-electron chi connectivity index (χ2n) is 3.19. The van der Waals surface area contributed by atoms with Gasteiger partial charge in [-0.2, -0.15) is 4.98 Å². The average Bonchev–Trinajstić information content (AvgIpc) is 2.75. The molecule has 4 heteroatoms. The number of aromatic amines is 1. The van der Waals surface area contributed by atoms with Gasteiger partial charge in [-0.25, -0.2) is 0 Å². The molecule has 0 saturated heterocycles. The van der Waals surface area contributed by atoms with Crippen LogP contribution >= 0.6 is 0 Å². The number of nitrogens with zero attached hydrogens (tertiary/aromatic N) is 2. The highest BCUT2D eigenvalue weighted by molar-refractivity contribution is 5.02. The van der Waals surface area contributed by atoms with Gasteiger partial charge in [0.15, 0.2) is 0 Å². The molecule has 0 aromatic carbocycles. The van der Waals surface area contributed by atoms with Crippen LogP contribution in [0.25, 0.3) is 0 Å². The lowest BCUT2D eigenvalue weighted by atomic mass is 10.1. The second-order valence-corrected chi connectivity index (χ2v) is 3.19. The van der Waals surface area contributed by atoms with Gasteiger partial charge in [0.25, 0.3) is 0 Å². The predicted molar refractivity (Wildman–Crippen MR) is 44.1 cm³/mol. The first-order valence-corrected chi connectivity index (χ1v) is 4.36. The maximum Gasteiger partial charge on any atom is 0.335 e. The van der Waals surface area contributed by atoms with Gasteiger partial charge in [0, 0.05) is 5.92 Å². The first-order chi connectivity index (χ1) is 5.90. The van der Waals surface area contributed by atoms with E-state index < -0.39 is 0 Å². The van der Waals surface area contributed by atoms with Crippen molar-refractivity contribution in [2.75, 3.05) is 7.11 Å². The van der Waals surface area contributed by atoms with Gasteiger partial charge in [-0.05, 0) is 12.8 Å². The molecule has 4 nitrogen and oxygen atoms in total. The van der Waals surface area contributed by atoms with E-state index in [1.165, 1.54) is 25.7 Å². The van der Waals surface area contributed by atoms with E-state index in [1.54, 1.807) is 7.11 Å². The van der Waals surface area contributed by atoms with E-state index in [0.29, 0.717) is 11.9 Å². The quantitative estimate of drug-likeness (QED) is 0.725. The Bertz CT molecular complexity index is 253. The van der Waals surface area contributed by atoms with E-state index >= 15 is 0 Å². The highest BCUT2D eigenvalue weighted by Gasteiger charge is 2.20. The summed E-state index contributed by atoms with van der Waals surface area (Å²) in [7, 11) is 1.58. The SMILES string of the molecule is COc1n[nH]c(C2CCCC2)n1. The molecule has 1 aliphatic carbocycles. The molecule has 0 atom stereocenters. The van der Waals surface area contributed by atoms with Crippen LogP contribution < -0.4 is 4.74 Å². The van der Waals surface area contributed by atoms with Crippen molar-refractivity contribution < 1.29 is 4.74 Å². The Hall–Kier alpha value is -1.06. The minimum Gasteiger partial charge on any atom is -0.466 e. The molecular formula is C8H13N3O. The normalized spacial score (nSPS) is 18.4. The first-order valence-electron chi connectivity index (χ1n) is 4.36. The van der Waals surface area contributed by atoms with Crippen LogP contribution in [0.2, 0.25) is 0 Å². The third kappa shape index (κ3) is 1.29. The molecule has 2 rings (SSSR count). The first kappa shape index (κ1) is 7.58. The van der Waals surface area contributed by atoms with E-state index in [4.69, 9.17) is 4.74 Å². The van der Waals surface area contributed by atoms with Crippen molar-refractivity contribution in [1.82, 2.24) is 15.2 Å². The molecule has 1 aromatic rings. The maximum absolute atomic E-state index is 4.90. The van der Waals surface area contributed by atoms with Crippen LogP contribution in [-0.4, -0.2) is 22.3 Å². The maximum atomic E-state index is 4.90. The minimum absolute atomic E-state index is 0.455. The van der Waals surface area contributed by atoms with Gasteiger partial charge < -0.3 is 4.74 Å². The Labute approximate surface area is 71.3 Å². The fourth-order valence-electron chi connectivity index (χ4n) is 1.73. The molecule has 0 bridgehead atoms. The molecule has 1 fully saturated rings. The van der Waals surface area contributed by atoms with Crippen LogP contribution in [0.3, 0.4) is 0 Å². The molecule has 12 heavy (non-hydrogen) atoms. The molecule has 0 amide bonds. The summed E-state index contributed by atoms with van der Waals surface area (Å²) in [6.07, 6.45) is 5.10. The average molecular weight is 167 g/mol. The van der Waals surface area contributed by atoms with Crippen molar-refractivity contribution in [3.63, 3.8) is 0 Å². The van der Waals surface area contributed by atoms with Gasteiger partial charge in [-0.1, -0.05) is 12.8 Å². The topological polar surface area (TPSA) is 50.8 Å². The van der Waals surface area contributed by atoms with Crippen LogP contribution in [0.5, 0.6) is 6.01 Å². The lowest BCUT2D eigenvalue weighted by Gasteiger charge is -2.01. The standard InChI is InChI=1S/C8H13N3O/c1-12-8-9-7(10-11-8)6-4-2-3-5-6/h6H,2-5H2,1H3,(H,9,10,11). The monoisotopic (exact) mass is 167 g/mol. The number of nitrogens with one attached hydrogen (secondary N) is 1. The zero-order valence-electron chi connectivity index (χ0n) is 7.21. The minimum atomic E-state index is 0.455.